The maximum Gasteiger partial charge on any atom is 0.416 e. The topological polar surface area (TPSA) is 43.0 Å². The zero-order valence-electron chi connectivity index (χ0n) is 17.1. The number of anilines is 1. The second-order valence-electron chi connectivity index (χ2n) is 6.75. The molecule has 1 aliphatic rings. The highest BCUT2D eigenvalue weighted by atomic mass is 35.5. The van der Waals surface area contributed by atoms with Crippen LogP contribution in [0.2, 0.25) is 0 Å². The van der Waals surface area contributed by atoms with Crippen LogP contribution in [-0.2, 0) is 12.6 Å². The highest BCUT2D eigenvalue weighted by molar-refractivity contribution is 5.85. The maximum atomic E-state index is 13.8. The van der Waals surface area contributed by atoms with Crippen LogP contribution in [0.3, 0.4) is 0 Å². The number of ether oxygens (including phenoxy) is 3. The van der Waals surface area contributed by atoms with E-state index in [-0.39, 0.29) is 24.4 Å². The van der Waals surface area contributed by atoms with Gasteiger partial charge in [0.25, 0.3) is 0 Å². The van der Waals surface area contributed by atoms with Gasteiger partial charge in [-0.05, 0) is 35.4 Å². The number of piperazine rings is 1. The van der Waals surface area contributed by atoms with Crippen LogP contribution >= 0.6 is 12.4 Å². The molecule has 0 aliphatic carbocycles. The van der Waals surface area contributed by atoms with Gasteiger partial charge in [-0.3, -0.25) is 0 Å². The van der Waals surface area contributed by atoms with Crippen LogP contribution in [0, 0.1) is 0 Å². The molecule has 1 N–H and O–H groups in total. The van der Waals surface area contributed by atoms with Crippen molar-refractivity contribution in [2.75, 3.05) is 52.4 Å². The van der Waals surface area contributed by atoms with E-state index in [2.05, 4.69) is 5.32 Å². The number of hydrogen-bond acceptors (Lipinski definition) is 5. The molecule has 0 radical (unpaired) electrons. The number of halogens is 4. The molecule has 0 atom stereocenters. The van der Waals surface area contributed by atoms with E-state index in [0.717, 1.165) is 19.2 Å². The molecule has 5 nitrogen and oxygen atoms in total. The molecule has 0 saturated carbocycles. The van der Waals surface area contributed by atoms with Crippen LogP contribution in [0.5, 0.6) is 17.2 Å². The van der Waals surface area contributed by atoms with Crippen LogP contribution in [-0.4, -0.2) is 47.5 Å². The van der Waals surface area contributed by atoms with Gasteiger partial charge in [-0.15, -0.1) is 12.4 Å². The van der Waals surface area contributed by atoms with Crippen LogP contribution in [0.1, 0.15) is 16.7 Å². The number of hydrogen-bond donors (Lipinski definition) is 1. The minimum Gasteiger partial charge on any atom is -0.493 e. The number of rotatable bonds is 6. The zero-order chi connectivity index (χ0) is 21.0. The lowest BCUT2D eigenvalue weighted by atomic mass is 9.96. The number of nitrogens with zero attached hydrogens (tertiary/aromatic N) is 1. The molecular formula is C21H26ClF3N2O3. The van der Waals surface area contributed by atoms with Crippen molar-refractivity contribution >= 4 is 18.1 Å². The van der Waals surface area contributed by atoms with Crippen molar-refractivity contribution in [2.45, 2.75) is 12.6 Å². The molecule has 30 heavy (non-hydrogen) atoms. The lowest BCUT2D eigenvalue weighted by Gasteiger charge is -2.32. The molecule has 0 bridgehead atoms. The van der Waals surface area contributed by atoms with Gasteiger partial charge in [-0.1, -0.05) is 6.07 Å². The Morgan fingerprint density at radius 3 is 2.07 bits per heavy atom. The molecular weight excluding hydrogens is 421 g/mol. The van der Waals surface area contributed by atoms with E-state index in [1.54, 1.807) is 18.2 Å². The Kier molecular flexibility index (Phi) is 8.09. The van der Waals surface area contributed by atoms with Gasteiger partial charge in [0.2, 0.25) is 5.75 Å². The van der Waals surface area contributed by atoms with Gasteiger partial charge in [0.15, 0.2) is 11.5 Å². The normalized spacial score (nSPS) is 14.1. The van der Waals surface area contributed by atoms with E-state index >= 15 is 0 Å². The summed E-state index contributed by atoms with van der Waals surface area (Å²) in [6.45, 7) is 2.78. The Hall–Kier alpha value is -2.32. The number of methoxy groups -OCH3 is 3. The molecule has 0 aromatic heterocycles. The minimum absolute atomic E-state index is 0. The summed E-state index contributed by atoms with van der Waals surface area (Å²) in [5, 5.41) is 3.23. The van der Waals surface area contributed by atoms with Gasteiger partial charge >= 0.3 is 6.18 Å². The van der Waals surface area contributed by atoms with E-state index in [1.807, 2.05) is 4.90 Å². The number of nitrogens with one attached hydrogen (secondary N) is 1. The summed E-state index contributed by atoms with van der Waals surface area (Å²) in [5.41, 5.74) is 0.876. The molecule has 1 aliphatic heterocycles. The van der Waals surface area contributed by atoms with Crippen molar-refractivity contribution in [3.8, 4) is 17.2 Å². The van der Waals surface area contributed by atoms with E-state index in [0.29, 0.717) is 41.6 Å². The Morgan fingerprint density at radius 2 is 1.57 bits per heavy atom. The number of benzene rings is 2. The largest absolute Gasteiger partial charge is 0.493 e. The first-order valence-electron chi connectivity index (χ1n) is 9.32. The van der Waals surface area contributed by atoms with Crippen molar-refractivity contribution in [1.29, 1.82) is 0 Å². The third-order valence-corrected chi connectivity index (χ3v) is 5.02. The molecule has 2 aromatic rings. The molecule has 1 saturated heterocycles. The molecule has 1 heterocycles. The molecule has 0 amide bonds. The van der Waals surface area contributed by atoms with Gasteiger partial charge < -0.3 is 24.4 Å². The van der Waals surface area contributed by atoms with Gasteiger partial charge in [-0.2, -0.15) is 13.2 Å². The fourth-order valence-electron chi connectivity index (χ4n) is 3.67. The second-order valence-corrected chi connectivity index (χ2v) is 6.75. The summed E-state index contributed by atoms with van der Waals surface area (Å²) >= 11 is 0. The second kappa shape index (κ2) is 10.1. The highest BCUT2D eigenvalue weighted by Crippen LogP contribution is 2.41. The number of alkyl halides is 3. The molecule has 1 fully saturated rings. The van der Waals surface area contributed by atoms with Gasteiger partial charge in [-0.25, -0.2) is 0 Å². The van der Waals surface area contributed by atoms with Crippen molar-refractivity contribution in [1.82, 2.24) is 5.32 Å². The molecule has 2 aromatic carbocycles. The Morgan fingerprint density at radius 1 is 0.967 bits per heavy atom. The molecule has 3 rings (SSSR count). The van der Waals surface area contributed by atoms with Gasteiger partial charge in [0.1, 0.15) is 0 Å². The smallest absolute Gasteiger partial charge is 0.416 e. The summed E-state index contributed by atoms with van der Waals surface area (Å²) in [6.07, 6.45) is -4.36. The van der Waals surface area contributed by atoms with E-state index in [1.165, 1.54) is 27.4 Å². The predicted octanol–water partition coefficient (Wildman–Crippen LogP) is 4.15. The van der Waals surface area contributed by atoms with E-state index in [9.17, 15) is 13.2 Å². The third-order valence-electron chi connectivity index (χ3n) is 5.02. The van der Waals surface area contributed by atoms with E-state index < -0.39 is 11.7 Å². The summed E-state index contributed by atoms with van der Waals surface area (Å²) in [5.74, 6) is 1.23. The minimum atomic E-state index is -4.44. The summed E-state index contributed by atoms with van der Waals surface area (Å²) in [6, 6.07) is 7.75. The average Bonchev–Trinajstić information content (AvgIpc) is 2.72. The highest BCUT2D eigenvalue weighted by Gasteiger charge is 2.35. The Balaban J connectivity index is 0.00000320. The SMILES string of the molecule is COc1cc(Cc2c(N3CCNCC3)cccc2C(F)(F)F)cc(OC)c1OC.Cl. The zero-order valence-corrected chi connectivity index (χ0v) is 18.0. The van der Waals surface area contributed by atoms with Crippen LogP contribution in [0.4, 0.5) is 18.9 Å². The van der Waals surface area contributed by atoms with Crippen molar-refractivity contribution < 1.29 is 27.4 Å². The van der Waals surface area contributed by atoms with Crippen LogP contribution < -0.4 is 24.4 Å². The van der Waals surface area contributed by atoms with Crippen molar-refractivity contribution in [3.63, 3.8) is 0 Å². The van der Waals surface area contributed by atoms with Crippen molar-refractivity contribution in [3.05, 3.63) is 47.0 Å². The standard InChI is InChI=1S/C21H25F3N2O3.ClH/c1-27-18-12-14(13-19(28-2)20(18)29-3)11-15-16(21(22,23)24)5-4-6-17(15)26-9-7-25-8-10-26;/h4-6,12-13,25H,7-11H2,1-3H3;1H. The summed E-state index contributed by atoms with van der Waals surface area (Å²) < 4.78 is 57.4. The first-order valence-corrected chi connectivity index (χ1v) is 9.32. The molecule has 9 heteroatoms. The fraction of sp³-hybridized carbons (Fsp3) is 0.429. The summed E-state index contributed by atoms with van der Waals surface area (Å²) in [7, 11) is 4.45. The average molecular weight is 447 g/mol. The van der Waals surface area contributed by atoms with Crippen molar-refractivity contribution in [2.24, 2.45) is 0 Å². The third kappa shape index (κ3) is 5.05. The van der Waals surface area contributed by atoms with Crippen LogP contribution in [0.15, 0.2) is 30.3 Å². The lowest BCUT2D eigenvalue weighted by molar-refractivity contribution is -0.138. The van der Waals surface area contributed by atoms with E-state index in [4.69, 9.17) is 14.2 Å². The molecule has 0 unspecified atom stereocenters. The molecule has 0 spiro atoms. The monoisotopic (exact) mass is 446 g/mol. The predicted molar refractivity (Wildman–Crippen MR) is 113 cm³/mol. The quantitative estimate of drug-likeness (QED) is 0.722. The first-order chi connectivity index (χ1) is 13.9. The summed E-state index contributed by atoms with van der Waals surface area (Å²) in [4.78, 5) is 2.00. The first kappa shape index (κ1) is 24.0. The molecule has 166 valence electrons. The fourth-order valence-corrected chi connectivity index (χ4v) is 3.67. The van der Waals surface area contributed by atoms with Crippen LogP contribution in [0.25, 0.3) is 0 Å². The Bertz CT molecular complexity index is 831. The van der Waals surface area contributed by atoms with Gasteiger partial charge in [0.05, 0.1) is 26.9 Å². The maximum absolute atomic E-state index is 13.8. The Labute approximate surface area is 180 Å². The lowest BCUT2D eigenvalue weighted by Crippen LogP contribution is -2.44. The van der Waals surface area contributed by atoms with Gasteiger partial charge in [0, 0.05) is 38.3 Å².